The molecule has 0 aromatic heterocycles. The topological polar surface area (TPSA) is 41.6 Å². The first kappa shape index (κ1) is 17.8. The van der Waals surface area contributed by atoms with Crippen LogP contribution in [0.5, 0.6) is 5.75 Å². The molecule has 1 aliphatic heterocycles. The van der Waals surface area contributed by atoms with Crippen molar-refractivity contribution in [1.82, 2.24) is 10.2 Å². The Morgan fingerprint density at radius 2 is 2.05 bits per heavy atom. The lowest BCUT2D eigenvalue weighted by Crippen LogP contribution is -2.46. The van der Waals surface area contributed by atoms with Crippen LogP contribution in [0, 0.1) is 0 Å². The van der Waals surface area contributed by atoms with E-state index >= 15 is 0 Å². The molecule has 118 valence electrons. The number of hydrogen-bond acceptors (Lipinski definition) is 3. The molecule has 0 bridgehead atoms. The third kappa shape index (κ3) is 5.21. The predicted molar refractivity (Wildman–Crippen MR) is 87.0 cm³/mol. The number of likely N-dealkylation sites (N-methyl/N-ethyl adjacent to an activating group) is 1. The molecule has 4 nitrogen and oxygen atoms in total. The summed E-state index contributed by atoms with van der Waals surface area (Å²) in [5, 5.41) is 3.30. The van der Waals surface area contributed by atoms with Crippen LogP contribution in [0.2, 0.25) is 0 Å². The van der Waals surface area contributed by atoms with Gasteiger partial charge in [0.2, 0.25) is 5.91 Å². The number of benzene rings is 1. The molecule has 1 saturated heterocycles. The van der Waals surface area contributed by atoms with E-state index in [-0.39, 0.29) is 24.4 Å². The van der Waals surface area contributed by atoms with Gasteiger partial charge in [-0.25, -0.2) is 0 Å². The smallest absolute Gasteiger partial charge is 0.239 e. The molecule has 1 aromatic rings. The highest BCUT2D eigenvalue weighted by Crippen LogP contribution is 2.15. The molecule has 1 amide bonds. The zero-order valence-electron chi connectivity index (χ0n) is 12.8. The summed E-state index contributed by atoms with van der Waals surface area (Å²) in [5.41, 5.74) is 1.13. The zero-order chi connectivity index (χ0) is 14.4. The quantitative estimate of drug-likeness (QED) is 0.908. The summed E-state index contributed by atoms with van der Waals surface area (Å²) in [5.74, 6) is 1.07. The molecule has 1 N–H and O–H groups in total. The third-order valence-corrected chi connectivity index (χ3v) is 3.64. The Hall–Kier alpha value is -1.26. The normalized spacial score (nSPS) is 17.7. The van der Waals surface area contributed by atoms with Gasteiger partial charge in [-0.3, -0.25) is 4.79 Å². The van der Waals surface area contributed by atoms with Gasteiger partial charge in [0, 0.05) is 13.6 Å². The minimum Gasteiger partial charge on any atom is -0.494 e. The lowest BCUT2D eigenvalue weighted by Gasteiger charge is -2.27. The van der Waals surface area contributed by atoms with E-state index in [0.29, 0.717) is 13.2 Å². The largest absolute Gasteiger partial charge is 0.494 e. The van der Waals surface area contributed by atoms with Gasteiger partial charge in [0.25, 0.3) is 0 Å². The number of nitrogens with one attached hydrogen (secondary N) is 1. The van der Waals surface area contributed by atoms with Crippen molar-refractivity contribution in [2.45, 2.75) is 38.8 Å². The maximum atomic E-state index is 12.3. The molecule has 0 aliphatic carbocycles. The predicted octanol–water partition coefficient (Wildman–Crippen LogP) is 2.61. The number of halogens is 1. The summed E-state index contributed by atoms with van der Waals surface area (Å²) < 4.78 is 5.42. The van der Waals surface area contributed by atoms with Crippen LogP contribution >= 0.6 is 12.4 Å². The van der Waals surface area contributed by atoms with Gasteiger partial charge in [-0.05, 0) is 44.0 Å². The Kier molecular flexibility index (Phi) is 7.54. The van der Waals surface area contributed by atoms with E-state index in [4.69, 9.17) is 4.74 Å². The first-order valence-corrected chi connectivity index (χ1v) is 7.41. The van der Waals surface area contributed by atoms with E-state index in [1.54, 1.807) is 4.90 Å². The Balaban J connectivity index is 0.00000220. The fourth-order valence-electron chi connectivity index (χ4n) is 2.54. The molecular weight excluding hydrogens is 288 g/mol. The monoisotopic (exact) mass is 312 g/mol. The summed E-state index contributed by atoms with van der Waals surface area (Å²) in [6.45, 7) is 4.24. The highest BCUT2D eigenvalue weighted by Gasteiger charge is 2.23. The summed E-state index contributed by atoms with van der Waals surface area (Å²) in [7, 11) is 1.87. The van der Waals surface area contributed by atoms with Crippen LogP contribution in [0.25, 0.3) is 0 Å². The molecule has 0 spiro atoms. The van der Waals surface area contributed by atoms with Gasteiger partial charge < -0.3 is 15.0 Å². The second-order valence-corrected chi connectivity index (χ2v) is 5.27. The van der Waals surface area contributed by atoms with Crippen LogP contribution in [0.4, 0.5) is 0 Å². The van der Waals surface area contributed by atoms with Crippen molar-refractivity contribution in [2.75, 3.05) is 20.2 Å². The van der Waals surface area contributed by atoms with Crippen LogP contribution in [0.1, 0.15) is 31.7 Å². The Morgan fingerprint density at radius 1 is 1.33 bits per heavy atom. The van der Waals surface area contributed by atoms with Crippen molar-refractivity contribution >= 4 is 18.3 Å². The number of carbonyl (C=O) groups is 1. The maximum absolute atomic E-state index is 12.3. The highest BCUT2D eigenvalue weighted by atomic mass is 35.5. The number of ether oxygens (including phenoxy) is 1. The second-order valence-electron chi connectivity index (χ2n) is 5.27. The second kappa shape index (κ2) is 8.90. The average Bonchev–Trinajstić information content (AvgIpc) is 2.49. The fourth-order valence-corrected chi connectivity index (χ4v) is 2.54. The summed E-state index contributed by atoms with van der Waals surface area (Å²) in [4.78, 5) is 14.1. The van der Waals surface area contributed by atoms with Gasteiger partial charge in [0.05, 0.1) is 12.6 Å². The van der Waals surface area contributed by atoms with Crippen molar-refractivity contribution in [3.63, 3.8) is 0 Å². The van der Waals surface area contributed by atoms with E-state index < -0.39 is 0 Å². The molecule has 1 atom stereocenters. The van der Waals surface area contributed by atoms with Crippen molar-refractivity contribution in [3.05, 3.63) is 29.8 Å². The molecular formula is C16H25ClN2O2. The van der Waals surface area contributed by atoms with Crippen LogP contribution in [0.15, 0.2) is 24.3 Å². The average molecular weight is 313 g/mol. The van der Waals surface area contributed by atoms with Gasteiger partial charge in [0.1, 0.15) is 5.75 Å². The minimum atomic E-state index is -0.00329. The first-order valence-electron chi connectivity index (χ1n) is 7.41. The zero-order valence-corrected chi connectivity index (χ0v) is 13.6. The number of nitrogens with zero attached hydrogens (tertiary/aromatic N) is 1. The molecule has 21 heavy (non-hydrogen) atoms. The molecule has 5 heteroatoms. The van der Waals surface area contributed by atoms with Gasteiger partial charge >= 0.3 is 0 Å². The lowest BCUT2D eigenvalue weighted by molar-refractivity contribution is -0.133. The van der Waals surface area contributed by atoms with Gasteiger partial charge in [-0.15, -0.1) is 12.4 Å². The minimum absolute atomic E-state index is 0. The number of carbonyl (C=O) groups excluding carboxylic acids is 1. The molecule has 0 unspecified atom stereocenters. The van der Waals surface area contributed by atoms with Crippen molar-refractivity contribution in [1.29, 1.82) is 0 Å². The fraction of sp³-hybridized carbons (Fsp3) is 0.562. The number of piperidine rings is 1. The highest BCUT2D eigenvalue weighted by molar-refractivity contribution is 5.85. The molecule has 0 saturated carbocycles. The number of amides is 1. The van der Waals surface area contributed by atoms with E-state index in [1.807, 2.05) is 38.2 Å². The molecule has 1 aromatic carbocycles. The van der Waals surface area contributed by atoms with Crippen LogP contribution < -0.4 is 10.1 Å². The van der Waals surface area contributed by atoms with E-state index in [1.165, 1.54) is 6.42 Å². The number of hydrogen-bond donors (Lipinski definition) is 1. The van der Waals surface area contributed by atoms with E-state index in [9.17, 15) is 4.79 Å². The van der Waals surface area contributed by atoms with Crippen molar-refractivity contribution < 1.29 is 9.53 Å². The SMILES string of the molecule is CCOc1ccc(CN(C)C(=O)[C@H]2CCCCN2)cc1.Cl. The molecule has 1 heterocycles. The van der Waals surface area contributed by atoms with Gasteiger partial charge in [0.15, 0.2) is 0 Å². The molecule has 2 rings (SSSR count). The molecule has 0 radical (unpaired) electrons. The van der Waals surface area contributed by atoms with Crippen LogP contribution in [-0.2, 0) is 11.3 Å². The van der Waals surface area contributed by atoms with Crippen molar-refractivity contribution in [2.24, 2.45) is 0 Å². The van der Waals surface area contributed by atoms with E-state index in [2.05, 4.69) is 5.32 Å². The Morgan fingerprint density at radius 3 is 2.62 bits per heavy atom. The summed E-state index contributed by atoms with van der Waals surface area (Å²) in [6.07, 6.45) is 3.26. The lowest BCUT2D eigenvalue weighted by atomic mass is 10.0. The van der Waals surface area contributed by atoms with Crippen LogP contribution in [0.3, 0.4) is 0 Å². The standard InChI is InChI=1S/C16H24N2O2.ClH/c1-3-20-14-9-7-13(8-10-14)12-18(2)16(19)15-6-4-5-11-17-15;/h7-10,15,17H,3-6,11-12H2,1-2H3;1H/t15-;/m1./s1. The number of rotatable bonds is 5. The van der Waals surface area contributed by atoms with Gasteiger partial charge in [-0.1, -0.05) is 18.6 Å². The molecule has 1 aliphatic rings. The Bertz CT molecular complexity index is 430. The van der Waals surface area contributed by atoms with Crippen LogP contribution in [-0.4, -0.2) is 37.0 Å². The van der Waals surface area contributed by atoms with E-state index in [0.717, 1.165) is 30.7 Å². The molecule has 1 fully saturated rings. The van der Waals surface area contributed by atoms with Crippen molar-refractivity contribution in [3.8, 4) is 5.75 Å². The summed E-state index contributed by atoms with van der Waals surface area (Å²) >= 11 is 0. The third-order valence-electron chi connectivity index (χ3n) is 3.64. The maximum Gasteiger partial charge on any atom is 0.239 e. The van der Waals surface area contributed by atoms with Gasteiger partial charge in [-0.2, -0.15) is 0 Å². The Labute approximate surface area is 133 Å². The summed E-state index contributed by atoms with van der Waals surface area (Å²) in [6, 6.07) is 7.94. The first-order chi connectivity index (χ1) is 9.70.